The quantitative estimate of drug-likeness (QED) is 0.496. The molecule has 2 heterocycles. The molecule has 0 aromatic heterocycles. The van der Waals surface area contributed by atoms with E-state index >= 15 is 0 Å². The van der Waals surface area contributed by atoms with Crippen LogP contribution in [0.3, 0.4) is 0 Å². The molecule has 0 N–H and O–H groups in total. The summed E-state index contributed by atoms with van der Waals surface area (Å²) in [6.07, 6.45) is 10.0. The minimum atomic E-state index is 0.0644. The highest BCUT2D eigenvalue weighted by Gasteiger charge is 2.53. The molecule has 4 aliphatic carbocycles. The number of rotatable bonds is 9. The summed E-state index contributed by atoms with van der Waals surface area (Å²) in [5, 5.41) is 0. The fraction of sp³-hybridized carbons (Fsp3) is 0.778. The average Bonchev–Trinajstić information content (AvgIpc) is 3.64. The molecule has 0 spiro atoms. The lowest BCUT2D eigenvalue weighted by atomic mass is 9.48. The molecule has 2 atom stereocenters. The molecule has 2 unspecified atom stereocenters. The summed E-state index contributed by atoms with van der Waals surface area (Å²) in [6.45, 7) is 9.93. The van der Waals surface area contributed by atoms with Crippen LogP contribution < -0.4 is 9.47 Å². The Labute approximate surface area is 187 Å². The van der Waals surface area contributed by atoms with Gasteiger partial charge in [0.2, 0.25) is 0 Å². The van der Waals surface area contributed by atoms with Crippen molar-refractivity contribution in [3.05, 3.63) is 23.3 Å². The highest BCUT2D eigenvalue weighted by Crippen LogP contribution is 2.62. The lowest BCUT2D eigenvalue weighted by molar-refractivity contribution is -0.00654. The van der Waals surface area contributed by atoms with Crippen molar-refractivity contribution in [1.29, 1.82) is 0 Å². The van der Waals surface area contributed by atoms with Gasteiger partial charge in [-0.3, -0.25) is 0 Å². The first kappa shape index (κ1) is 20.4. The van der Waals surface area contributed by atoms with Gasteiger partial charge in [0.25, 0.3) is 0 Å². The van der Waals surface area contributed by atoms with Gasteiger partial charge in [-0.25, -0.2) is 0 Å². The Kier molecular flexibility index (Phi) is 4.85. The molecule has 1 aromatic rings. The molecule has 0 radical (unpaired) electrons. The highest BCUT2D eigenvalue weighted by atomic mass is 16.6. The van der Waals surface area contributed by atoms with E-state index in [0.29, 0.717) is 18.6 Å². The van der Waals surface area contributed by atoms with Crippen molar-refractivity contribution in [2.24, 2.45) is 17.8 Å². The third-order valence-electron chi connectivity index (χ3n) is 8.96. The molecule has 4 heteroatoms. The summed E-state index contributed by atoms with van der Waals surface area (Å²) in [6, 6.07) is 4.73. The molecular weight excluding hydrogens is 388 g/mol. The molecule has 2 saturated heterocycles. The molecule has 0 amide bonds. The zero-order valence-electron chi connectivity index (χ0n) is 19.5. The van der Waals surface area contributed by atoms with E-state index in [4.69, 9.17) is 18.9 Å². The summed E-state index contributed by atoms with van der Waals surface area (Å²) in [7, 11) is 0. The van der Waals surface area contributed by atoms with Crippen molar-refractivity contribution >= 4 is 0 Å². The van der Waals surface area contributed by atoms with Crippen LogP contribution in [0.5, 0.6) is 11.5 Å². The van der Waals surface area contributed by atoms with Crippen LogP contribution in [-0.2, 0) is 20.3 Å². The van der Waals surface area contributed by atoms with Gasteiger partial charge in [-0.2, -0.15) is 0 Å². The van der Waals surface area contributed by atoms with E-state index in [0.717, 1.165) is 48.9 Å². The summed E-state index contributed by atoms with van der Waals surface area (Å²) in [5.41, 5.74) is 3.18. The third-order valence-corrected chi connectivity index (χ3v) is 8.96. The molecule has 1 aromatic carbocycles. The fourth-order valence-corrected chi connectivity index (χ4v) is 7.07. The second-order valence-corrected chi connectivity index (χ2v) is 11.8. The van der Waals surface area contributed by atoms with Crippen molar-refractivity contribution < 1.29 is 18.9 Å². The van der Waals surface area contributed by atoms with E-state index in [1.807, 2.05) is 0 Å². The molecule has 6 fully saturated rings. The Balaban J connectivity index is 1.42. The van der Waals surface area contributed by atoms with Crippen LogP contribution in [0.15, 0.2) is 12.1 Å². The van der Waals surface area contributed by atoms with Crippen LogP contribution in [0, 0.1) is 17.8 Å². The van der Waals surface area contributed by atoms with Gasteiger partial charge in [-0.05, 0) is 79.6 Å². The van der Waals surface area contributed by atoms with Crippen LogP contribution in [0.4, 0.5) is 0 Å². The Bertz CT molecular complexity index is 801. The largest absolute Gasteiger partial charge is 0.490 e. The van der Waals surface area contributed by atoms with Crippen LogP contribution >= 0.6 is 0 Å². The first-order valence-corrected chi connectivity index (χ1v) is 12.6. The Hall–Kier alpha value is -1.26. The zero-order chi connectivity index (χ0) is 21.2. The Morgan fingerprint density at radius 1 is 0.871 bits per heavy atom. The summed E-state index contributed by atoms with van der Waals surface area (Å²) in [4.78, 5) is 0. The maximum absolute atomic E-state index is 6.48. The first-order valence-electron chi connectivity index (χ1n) is 12.6. The molecule has 7 rings (SSSR count). The van der Waals surface area contributed by atoms with E-state index in [-0.39, 0.29) is 17.6 Å². The van der Waals surface area contributed by atoms with E-state index in [1.54, 1.807) is 0 Å². The van der Waals surface area contributed by atoms with Crippen molar-refractivity contribution in [1.82, 2.24) is 0 Å². The molecule has 6 aliphatic rings. The highest BCUT2D eigenvalue weighted by molar-refractivity contribution is 5.53. The zero-order valence-corrected chi connectivity index (χ0v) is 19.5. The Morgan fingerprint density at radius 3 is 1.87 bits per heavy atom. The van der Waals surface area contributed by atoms with Gasteiger partial charge in [0, 0.05) is 17.2 Å². The SMILES string of the molecule is CCC(C)(C)c1cc(C23CC4CC(CC(C4)C2)C3)c(OCC2CO2)cc1OCC1CO1. The van der Waals surface area contributed by atoms with Gasteiger partial charge in [0.15, 0.2) is 0 Å². The van der Waals surface area contributed by atoms with E-state index < -0.39 is 0 Å². The molecule has 4 nitrogen and oxygen atoms in total. The summed E-state index contributed by atoms with van der Waals surface area (Å²) in [5.74, 6) is 4.78. The molecular formula is C27H38O4. The van der Waals surface area contributed by atoms with Gasteiger partial charge in [0.1, 0.15) is 36.9 Å². The van der Waals surface area contributed by atoms with Crippen molar-refractivity contribution in [2.75, 3.05) is 26.4 Å². The molecule has 170 valence electrons. The predicted molar refractivity (Wildman–Crippen MR) is 120 cm³/mol. The molecule has 2 aliphatic heterocycles. The number of hydrogen-bond acceptors (Lipinski definition) is 4. The lowest BCUT2D eigenvalue weighted by Gasteiger charge is -2.57. The predicted octanol–water partition coefficient (Wildman–Crippen LogP) is 5.40. The fourth-order valence-electron chi connectivity index (χ4n) is 7.07. The minimum absolute atomic E-state index is 0.0644. The number of epoxide rings is 2. The Morgan fingerprint density at radius 2 is 1.39 bits per heavy atom. The number of benzene rings is 1. The lowest BCUT2D eigenvalue weighted by Crippen LogP contribution is -2.48. The van der Waals surface area contributed by atoms with Gasteiger partial charge >= 0.3 is 0 Å². The smallest absolute Gasteiger partial charge is 0.126 e. The summed E-state index contributed by atoms with van der Waals surface area (Å²) < 4.78 is 23.7. The van der Waals surface area contributed by atoms with Crippen LogP contribution in [0.2, 0.25) is 0 Å². The maximum atomic E-state index is 6.48. The second-order valence-electron chi connectivity index (χ2n) is 11.8. The van der Waals surface area contributed by atoms with E-state index in [2.05, 4.69) is 32.9 Å². The normalized spacial score (nSPS) is 37.7. The standard InChI is InChI=1S/C27H38O4/c1-4-26(2,3)22-8-23(27-10-17-5-18(11-27)7-19(6-17)12-27)25(31-16-21-14-29-21)9-24(22)30-15-20-13-28-20/h8-9,17-21H,4-7,10-16H2,1-3H3. The van der Waals surface area contributed by atoms with Crippen molar-refractivity contribution in [2.45, 2.75) is 88.8 Å². The van der Waals surface area contributed by atoms with Crippen LogP contribution in [-0.4, -0.2) is 38.6 Å². The van der Waals surface area contributed by atoms with Gasteiger partial charge in [-0.15, -0.1) is 0 Å². The summed E-state index contributed by atoms with van der Waals surface area (Å²) >= 11 is 0. The number of hydrogen-bond donors (Lipinski definition) is 0. The molecule has 4 saturated carbocycles. The monoisotopic (exact) mass is 426 g/mol. The average molecular weight is 427 g/mol. The van der Waals surface area contributed by atoms with Crippen molar-refractivity contribution in [3.63, 3.8) is 0 Å². The van der Waals surface area contributed by atoms with Gasteiger partial charge in [0.05, 0.1) is 13.2 Å². The third kappa shape index (κ3) is 3.88. The minimum Gasteiger partial charge on any atom is -0.490 e. The first-order chi connectivity index (χ1) is 14.9. The molecule has 31 heavy (non-hydrogen) atoms. The van der Waals surface area contributed by atoms with Crippen LogP contribution in [0.25, 0.3) is 0 Å². The van der Waals surface area contributed by atoms with Crippen molar-refractivity contribution in [3.8, 4) is 11.5 Å². The van der Waals surface area contributed by atoms with E-state index in [1.165, 1.54) is 49.7 Å². The molecule has 4 bridgehead atoms. The topological polar surface area (TPSA) is 43.5 Å². The maximum Gasteiger partial charge on any atom is 0.126 e. The second kappa shape index (κ2) is 7.38. The van der Waals surface area contributed by atoms with Gasteiger partial charge < -0.3 is 18.9 Å². The van der Waals surface area contributed by atoms with Gasteiger partial charge in [-0.1, -0.05) is 20.8 Å². The van der Waals surface area contributed by atoms with E-state index in [9.17, 15) is 0 Å². The van der Waals surface area contributed by atoms with Crippen LogP contribution in [0.1, 0.15) is 76.8 Å². The number of ether oxygens (including phenoxy) is 4.